The average molecular weight is 258 g/mol. The van der Waals surface area contributed by atoms with Crippen LogP contribution < -0.4 is 10.2 Å². The topological polar surface area (TPSA) is 32.3 Å². The number of fused-ring (bicyclic) bond motifs is 1. The van der Waals surface area contributed by atoms with Crippen molar-refractivity contribution in [2.24, 2.45) is 0 Å². The zero-order valence-corrected chi connectivity index (χ0v) is 9.63. The fraction of sp³-hybridized carbons (Fsp3) is 0.417. The van der Waals surface area contributed by atoms with E-state index in [-0.39, 0.29) is 12.5 Å². The zero-order valence-electron chi connectivity index (χ0n) is 9.63. The Kier molecular flexibility index (Phi) is 3.56. The third-order valence-corrected chi connectivity index (χ3v) is 2.79. The van der Waals surface area contributed by atoms with Crippen molar-refractivity contribution in [2.75, 3.05) is 24.5 Å². The van der Waals surface area contributed by atoms with E-state index < -0.39 is 12.7 Å². The first kappa shape index (κ1) is 12.9. The lowest BCUT2D eigenvalue weighted by Gasteiger charge is -2.18. The summed E-state index contributed by atoms with van der Waals surface area (Å²) in [5.74, 6) is -0.329. The quantitative estimate of drug-likeness (QED) is 0.895. The summed E-state index contributed by atoms with van der Waals surface area (Å²) in [7, 11) is 0. The van der Waals surface area contributed by atoms with Crippen LogP contribution in [-0.4, -0.2) is 31.7 Å². The zero-order chi connectivity index (χ0) is 13.2. The summed E-state index contributed by atoms with van der Waals surface area (Å²) in [4.78, 5) is 13.3. The predicted molar refractivity (Wildman–Crippen MR) is 61.4 cm³/mol. The van der Waals surface area contributed by atoms with Gasteiger partial charge in [0, 0.05) is 12.2 Å². The molecule has 6 heteroatoms. The van der Waals surface area contributed by atoms with Crippen LogP contribution in [0, 0.1) is 0 Å². The molecule has 3 nitrogen and oxygen atoms in total. The third kappa shape index (κ3) is 3.01. The molecule has 1 amide bonds. The molecule has 0 atom stereocenters. The van der Waals surface area contributed by atoms with Crippen LogP contribution in [0.2, 0.25) is 0 Å². The summed E-state index contributed by atoms with van der Waals surface area (Å²) in [5, 5.41) is 2.12. The van der Waals surface area contributed by atoms with Crippen LogP contribution in [0.4, 0.5) is 18.9 Å². The van der Waals surface area contributed by atoms with Crippen LogP contribution in [0.3, 0.4) is 0 Å². The Morgan fingerprint density at radius 1 is 1.33 bits per heavy atom. The van der Waals surface area contributed by atoms with Gasteiger partial charge in [0.2, 0.25) is 5.91 Å². The number of para-hydroxylation sites is 1. The summed E-state index contributed by atoms with van der Waals surface area (Å²) in [5.41, 5.74) is 1.86. The SMILES string of the molecule is O=C(CNCC(F)(F)F)N1CCc2ccccc21. The van der Waals surface area contributed by atoms with Gasteiger partial charge in [0.25, 0.3) is 0 Å². The number of anilines is 1. The fourth-order valence-electron chi connectivity index (χ4n) is 2.00. The molecule has 0 bridgehead atoms. The second kappa shape index (κ2) is 4.97. The van der Waals surface area contributed by atoms with E-state index in [9.17, 15) is 18.0 Å². The van der Waals surface area contributed by atoms with Gasteiger partial charge in [0.05, 0.1) is 13.1 Å². The van der Waals surface area contributed by atoms with Gasteiger partial charge in [-0.2, -0.15) is 13.2 Å². The van der Waals surface area contributed by atoms with Gasteiger partial charge in [0.1, 0.15) is 0 Å². The molecule has 1 aliphatic rings. The van der Waals surface area contributed by atoms with Crippen molar-refractivity contribution in [3.05, 3.63) is 29.8 Å². The van der Waals surface area contributed by atoms with E-state index >= 15 is 0 Å². The Hall–Kier alpha value is -1.56. The molecular weight excluding hydrogens is 245 g/mol. The lowest BCUT2D eigenvalue weighted by molar-refractivity contribution is -0.127. The average Bonchev–Trinajstić information content (AvgIpc) is 2.70. The maximum Gasteiger partial charge on any atom is 0.401 e. The highest BCUT2D eigenvalue weighted by Crippen LogP contribution is 2.27. The minimum absolute atomic E-state index is 0.298. The molecular formula is C12H13F3N2O. The lowest BCUT2D eigenvalue weighted by Crippen LogP contribution is -2.40. The minimum atomic E-state index is -4.29. The van der Waals surface area contributed by atoms with Crippen molar-refractivity contribution in [1.29, 1.82) is 0 Å². The van der Waals surface area contributed by atoms with Gasteiger partial charge < -0.3 is 10.2 Å². The molecule has 0 aromatic heterocycles. The Morgan fingerprint density at radius 3 is 2.78 bits per heavy atom. The number of carbonyl (C=O) groups excluding carboxylic acids is 1. The second-order valence-corrected chi connectivity index (χ2v) is 4.14. The van der Waals surface area contributed by atoms with E-state index in [1.807, 2.05) is 24.3 Å². The van der Waals surface area contributed by atoms with E-state index in [1.165, 1.54) is 4.90 Å². The van der Waals surface area contributed by atoms with Gasteiger partial charge in [-0.1, -0.05) is 18.2 Å². The van der Waals surface area contributed by atoms with Crippen LogP contribution in [0.1, 0.15) is 5.56 Å². The fourth-order valence-corrected chi connectivity index (χ4v) is 2.00. The summed E-state index contributed by atoms with van der Waals surface area (Å²) in [6.45, 7) is -0.909. The van der Waals surface area contributed by atoms with Crippen LogP contribution in [0.5, 0.6) is 0 Å². The normalized spacial score (nSPS) is 14.7. The highest BCUT2D eigenvalue weighted by Gasteiger charge is 2.28. The summed E-state index contributed by atoms with van der Waals surface area (Å²) >= 11 is 0. The Morgan fingerprint density at radius 2 is 2.06 bits per heavy atom. The largest absolute Gasteiger partial charge is 0.401 e. The lowest BCUT2D eigenvalue weighted by atomic mass is 10.2. The Bertz CT molecular complexity index is 445. The first-order chi connectivity index (χ1) is 8.47. The first-order valence-corrected chi connectivity index (χ1v) is 5.63. The molecule has 1 aromatic carbocycles. The number of nitrogens with one attached hydrogen (secondary N) is 1. The van der Waals surface area contributed by atoms with E-state index in [0.29, 0.717) is 6.54 Å². The molecule has 1 N–H and O–H groups in total. The number of alkyl halides is 3. The molecule has 0 aliphatic carbocycles. The number of halogens is 3. The van der Waals surface area contributed by atoms with Crippen LogP contribution in [0.25, 0.3) is 0 Å². The molecule has 1 heterocycles. The highest BCUT2D eigenvalue weighted by atomic mass is 19.4. The van der Waals surface area contributed by atoms with Crippen molar-refractivity contribution >= 4 is 11.6 Å². The van der Waals surface area contributed by atoms with E-state index in [2.05, 4.69) is 5.32 Å². The van der Waals surface area contributed by atoms with Crippen molar-refractivity contribution in [2.45, 2.75) is 12.6 Å². The molecule has 2 rings (SSSR count). The van der Waals surface area contributed by atoms with Gasteiger partial charge in [-0.3, -0.25) is 4.79 Å². The number of hydrogen-bond donors (Lipinski definition) is 1. The second-order valence-electron chi connectivity index (χ2n) is 4.14. The number of carbonyl (C=O) groups is 1. The maximum atomic E-state index is 11.9. The summed E-state index contributed by atoms with van der Waals surface area (Å²) in [6, 6.07) is 7.43. The van der Waals surface area contributed by atoms with Gasteiger partial charge in [-0.25, -0.2) is 0 Å². The molecule has 0 unspecified atom stereocenters. The monoisotopic (exact) mass is 258 g/mol. The smallest absolute Gasteiger partial charge is 0.311 e. The minimum Gasteiger partial charge on any atom is -0.311 e. The molecule has 0 saturated heterocycles. The highest BCUT2D eigenvalue weighted by molar-refractivity contribution is 5.96. The van der Waals surface area contributed by atoms with Gasteiger partial charge in [-0.05, 0) is 18.1 Å². The van der Waals surface area contributed by atoms with E-state index in [1.54, 1.807) is 0 Å². The third-order valence-electron chi connectivity index (χ3n) is 2.79. The van der Waals surface area contributed by atoms with Crippen molar-refractivity contribution in [3.63, 3.8) is 0 Å². The molecule has 0 fully saturated rings. The van der Waals surface area contributed by atoms with E-state index in [0.717, 1.165) is 17.7 Å². The Labute approximate surface area is 103 Å². The van der Waals surface area contributed by atoms with Crippen LogP contribution in [0.15, 0.2) is 24.3 Å². The molecule has 1 aliphatic heterocycles. The Balaban J connectivity index is 1.92. The molecule has 1 aromatic rings. The molecule has 0 radical (unpaired) electrons. The van der Waals surface area contributed by atoms with Gasteiger partial charge in [0.15, 0.2) is 0 Å². The van der Waals surface area contributed by atoms with Crippen molar-refractivity contribution < 1.29 is 18.0 Å². The molecule has 98 valence electrons. The number of nitrogens with zero attached hydrogens (tertiary/aromatic N) is 1. The molecule has 0 spiro atoms. The van der Waals surface area contributed by atoms with Crippen molar-refractivity contribution in [1.82, 2.24) is 5.32 Å². The number of benzene rings is 1. The van der Waals surface area contributed by atoms with Crippen molar-refractivity contribution in [3.8, 4) is 0 Å². The number of rotatable bonds is 3. The maximum absolute atomic E-state index is 11.9. The number of amides is 1. The van der Waals surface area contributed by atoms with Gasteiger partial charge >= 0.3 is 6.18 Å². The first-order valence-electron chi connectivity index (χ1n) is 5.63. The van der Waals surface area contributed by atoms with Crippen LogP contribution in [-0.2, 0) is 11.2 Å². The summed E-state index contributed by atoms with van der Waals surface area (Å²) in [6.07, 6.45) is -3.54. The molecule has 18 heavy (non-hydrogen) atoms. The van der Waals surface area contributed by atoms with Crippen LogP contribution >= 0.6 is 0 Å². The van der Waals surface area contributed by atoms with E-state index in [4.69, 9.17) is 0 Å². The molecule has 0 saturated carbocycles. The van der Waals surface area contributed by atoms with Gasteiger partial charge in [-0.15, -0.1) is 0 Å². The standard InChI is InChI=1S/C12H13F3N2O/c13-12(14,15)8-16-7-11(18)17-6-5-9-3-1-2-4-10(9)17/h1-4,16H,5-8H2. The number of hydrogen-bond acceptors (Lipinski definition) is 2. The summed E-state index contributed by atoms with van der Waals surface area (Å²) < 4.78 is 35.8. The predicted octanol–water partition coefficient (Wildman–Crippen LogP) is 1.73.